The van der Waals surface area contributed by atoms with Crippen LogP contribution in [0.4, 0.5) is 0 Å². The van der Waals surface area contributed by atoms with Gasteiger partial charge in [0.1, 0.15) is 17.2 Å². The van der Waals surface area contributed by atoms with E-state index in [1.807, 2.05) is 32.0 Å². The molecule has 4 heteroatoms. The lowest BCUT2D eigenvalue weighted by Crippen LogP contribution is -2.23. The normalized spacial score (nSPS) is 21.1. The van der Waals surface area contributed by atoms with Crippen LogP contribution in [0.3, 0.4) is 0 Å². The van der Waals surface area contributed by atoms with Crippen LogP contribution in [0.2, 0.25) is 0 Å². The maximum atomic E-state index is 10.8. The summed E-state index contributed by atoms with van der Waals surface area (Å²) in [6.07, 6.45) is 0.652. The fraction of sp³-hybridized carbons (Fsp3) is 0.412. The fourth-order valence-corrected chi connectivity index (χ4v) is 3.32. The molecule has 4 nitrogen and oxygen atoms in total. The first kappa shape index (κ1) is 14.0. The minimum absolute atomic E-state index is 0.101. The van der Waals surface area contributed by atoms with Gasteiger partial charge < -0.3 is 19.3 Å². The molecule has 3 rings (SSSR count). The van der Waals surface area contributed by atoms with E-state index >= 15 is 0 Å². The van der Waals surface area contributed by atoms with Gasteiger partial charge in [0.2, 0.25) is 0 Å². The summed E-state index contributed by atoms with van der Waals surface area (Å²) in [7, 11) is 3.26. The Morgan fingerprint density at radius 2 is 1.95 bits per heavy atom. The largest absolute Gasteiger partial charge is 0.507 e. The Kier molecular flexibility index (Phi) is 3.41. The van der Waals surface area contributed by atoms with Crippen molar-refractivity contribution in [3.05, 3.63) is 29.3 Å². The molecule has 0 fully saturated rings. The first-order valence-electron chi connectivity index (χ1n) is 7.12. The number of methoxy groups -OCH3 is 2. The first-order valence-corrected chi connectivity index (χ1v) is 7.12. The van der Waals surface area contributed by atoms with Crippen molar-refractivity contribution in [1.29, 1.82) is 0 Å². The van der Waals surface area contributed by atoms with Gasteiger partial charge in [0, 0.05) is 22.9 Å². The van der Waals surface area contributed by atoms with E-state index in [4.69, 9.17) is 14.2 Å². The average molecular weight is 288 g/mol. The van der Waals surface area contributed by atoms with Crippen LogP contribution in [0.1, 0.15) is 31.1 Å². The molecule has 0 radical (unpaired) electrons. The predicted octanol–water partition coefficient (Wildman–Crippen LogP) is 3.58. The Morgan fingerprint density at radius 1 is 1.19 bits per heavy atom. The minimum atomic E-state index is -0.174. The number of aromatic hydroxyl groups is 1. The maximum absolute atomic E-state index is 10.8. The van der Waals surface area contributed by atoms with Gasteiger partial charge in [0.25, 0.3) is 0 Å². The highest BCUT2D eigenvalue weighted by Gasteiger charge is 2.31. The lowest BCUT2D eigenvalue weighted by molar-refractivity contribution is -0.00644. The Bertz CT molecular complexity index is 693. The number of hydrogen-bond acceptors (Lipinski definition) is 4. The summed E-state index contributed by atoms with van der Waals surface area (Å²) in [5.74, 6) is 1.67. The smallest absolute Gasteiger partial charge is 0.133 e. The van der Waals surface area contributed by atoms with Gasteiger partial charge in [-0.15, -0.1) is 0 Å². The van der Waals surface area contributed by atoms with Crippen LogP contribution < -0.4 is 9.47 Å². The molecule has 112 valence electrons. The molecule has 1 aliphatic rings. The second kappa shape index (κ2) is 5.11. The van der Waals surface area contributed by atoms with Crippen molar-refractivity contribution in [2.24, 2.45) is 0 Å². The summed E-state index contributed by atoms with van der Waals surface area (Å²) >= 11 is 0. The topological polar surface area (TPSA) is 47.9 Å². The van der Waals surface area contributed by atoms with Crippen LogP contribution in [-0.4, -0.2) is 25.4 Å². The molecule has 0 amide bonds. The number of benzene rings is 2. The van der Waals surface area contributed by atoms with Crippen molar-refractivity contribution in [3.63, 3.8) is 0 Å². The molecule has 2 atom stereocenters. The summed E-state index contributed by atoms with van der Waals surface area (Å²) in [5, 5.41) is 12.3. The first-order chi connectivity index (χ1) is 10.1. The summed E-state index contributed by atoms with van der Waals surface area (Å²) < 4.78 is 16.9. The highest BCUT2D eigenvalue weighted by molar-refractivity contribution is 6.00. The van der Waals surface area contributed by atoms with Crippen molar-refractivity contribution in [3.8, 4) is 17.2 Å². The van der Waals surface area contributed by atoms with E-state index < -0.39 is 0 Å². The van der Waals surface area contributed by atoms with Crippen molar-refractivity contribution in [1.82, 2.24) is 0 Å². The third-order valence-electron chi connectivity index (χ3n) is 4.12. The predicted molar refractivity (Wildman–Crippen MR) is 81.4 cm³/mol. The lowest BCUT2D eigenvalue weighted by Gasteiger charge is -2.31. The van der Waals surface area contributed by atoms with Gasteiger partial charge in [0.05, 0.1) is 31.8 Å². The number of fused-ring (bicyclic) bond motifs is 2. The molecule has 21 heavy (non-hydrogen) atoms. The Labute approximate surface area is 124 Å². The van der Waals surface area contributed by atoms with Gasteiger partial charge in [-0.25, -0.2) is 0 Å². The third-order valence-corrected chi connectivity index (χ3v) is 4.12. The minimum Gasteiger partial charge on any atom is -0.507 e. The molecule has 0 aromatic heterocycles. The third kappa shape index (κ3) is 2.02. The molecular weight excluding hydrogens is 268 g/mol. The number of phenols is 1. The monoisotopic (exact) mass is 288 g/mol. The second-order valence-corrected chi connectivity index (χ2v) is 5.45. The maximum Gasteiger partial charge on any atom is 0.133 e. The van der Waals surface area contributed by atoms with Crippen molar-refractivity contribution < 1.29 is 19.3 Å². The highest BCUT2D eigenvalue weighted by Crippen LogP contribution is 2.49. The van der Waals surface area contributed by atoms with Crippen molar-refractivity contribution in [2.45, 2.75) is 32.5 Å². The van der Waals surface area contributed by atoms with Gasteiger partial charge >= 0.3 is 0 Å². The Balaban J connectivity index is 2.44. The molecule has 0 spiro atoms. The van der Waals surface area contributed by atoms with E-state index in [0.29, 0.717) is 11.1 Å². The number of phenolic OH excluding ortho intramolecular Hbond substituents is 1. The zero-order chi connectivity index (χ0) is 15.1. The van der Waals surface area contributed by atoms with Crippen LogP contribution in [0, 0.1) is 0 Å². The molecule has 1 aliphatic heterocycles. The number of rotatable bonds is 2. The van der Waals surface area contributed by atoms with Gasteiger partial charge in [0.15, 0.2) is 0 Å². The zero-order valence-electron chi connectivity index (χ0n) is 12.8. The molecule has 2 aromatic carbocycles. The van der Waals surface area contributed by atoms with E-state index in [1.165, 1.54) is 0 Å². The fourth-order valence-electron chi connectivity index (χ4n) is 3.32. The summed E-state index contributed by atoms with van der Waals surface area (Å²) in [6.45, 7) is 3.99. The van der Waals surface area contributed by atoms with Gasteiger partial charge in [-0.3, -0.25) is 0 Å². The molecule has 1 N–H and O–H groups in total. The molecule has 1 heterocycles. The lowest BCUT2D eigenvalue weighted by atomic mass is 9.89. The van der Waals surface area contributed by atoms with Crippen LogP contribution in [0.25, 0.3) is 10.8 Å². The zero-order valence-corrected chi connectivity index (χ0v) is 12.8. The van der Waals surface area contributed by atoms with E-state index in [9.17, 15) is 5.11 Å². The van der Waals surface area contributed by atoms with Gasteiger partial charge in [-0.05, 0) is 19.9 Å². The standard InChI is InChI=1S/C17H20O4/c1-9-8-12-14(10(2)21-9)16(18)15-11(17(12)20-4)6-5-7-13(15)19-3/h5-7,9-10,18H,8H2,1-4H3/t9-,10+/m0/s1. The Hall–Kier alpha value is -1.94. The molecular formula is C17H20O4. The molecule has 0 saturated carbocycles. The molecule has 0 bridgehead atoms. The number of hydrogen-bond donors (Lipinski definition) is 1. The van der Waals surface area contributed by atoms with Gasteiger partial charge in [-0.2, -0.15) is 0 Å². The van der Waals surface area contributed by atoms with E-state index in [2.05, 4.69) is 0 Å². The van der Waals surface area contributed by atoms with E-state index in [0.717, 1.165) is 28.7 Å². The van der Waals surface area contributed by atoms with E-state index in [-0.39, 0.29) is 18.0 Å². The summed E-state index contributed by atoms with van der Waals surface area (Å²) in [4.78, 5) is 0. The van der Waals surface area contributed by atoms with Crippen LogP contribution in [0.15, 0.2) is 18.2 Å². The van der Waals surface area contributed by atoms with Crippen LogP contribution >= 0.6 is 0 Å². The van der Waals surface area contributed by atoms with Gasteiger partial charge in [-0.1, -0.05) is 12.1 Å². The van der Waals surface area contributed by atoms with Crippen LogP contribution in [-0.2, 0) is 11.2 Å². The van der Waals surface area contributed by atoms with E-state index in [1.54, 1.807) is 14.2 Å². The Morgan fingerprint density at radius 3 is 2.62 bits per heavy atom. The quantitative estimate of drug-likeness (QED) is 0.917. The SMILES string of the molecule is COc1c2c(c(O)c3c(OC)cccc13)[C@@H](C)O[C@@H](C)C2. The average Bonchev–Trinajstić information content (AvgIpc) is 2.46. The highest BCUT2D eigenvalue weighted by atomic mass is 16.5. The second-order valence-electron chi connectivity index (χ2n) is 5.45. The van der Waals surface area contributed by atoms with Crippen molar-refractivity contribution >= 4 is 10.8 Å². The molecule has 2 aromatic rings. The summed E-state index contributed by atoms with van der Waals surface area (Å²) in [5.41, 5.74) is 1.84. The molecule has 0 saturated heterocycles. The van der Waals surface area contributed by atoms with Crippen molar-refractivity contribution in [2.75, 3.05) is 14.2 Å². The molecule has 0 unspecified atom stereocenters. The summed E-state index contributed by atoms with van der Waals surface area (Å²) in [6, 6.07) is 5.69. The molecule has 0 aliphatic carbocycles. The number of ether oxygens (including phenoxy) is 3. The van der Waals surface area contributed by atoms with Crippen LogP contribution in [0.5, 0.6) is 17.2 Å².